The van der Waals surface area contributed by atoms with Crippen LogP contribution < -0.4 is 4.90 Å². The van der Waals surface area contributed by atoms with Gasteiger partial charge in [0.2, 0.25) is 0 Å². The molecule has 1 amide bonds. The lowest BCUT2D eigenvalue weighted by molar-refractivity contribution is 0.0673. The minimum absolute atomic E-state index is 0.107. The molecule has 25 heavy (non-hydrogen) atoms. The minimum atomic E-state index is 0.107. The zero-order chi connectivity index (χ0) is 18.0. The summed E-state index contributed by atoms with van der Waals surface area (Å²) >= 11 is 0. The number of aromatic nitrogens is 2. The Morgan fingerprint density at radius 2 is 1.92 bits per heavy atom. The van der Waals surface area contributed by atoms with Crippen LogP contribution >= 0.6 is 0 Å². The van der Waals surface area contributed by atoms with E-state index in [9.17, 15) is 4.79 Å². The van der Waals surface area contributed by atoms with Crippen molar-refractivity contribution in [3.05, 3.63) is 47.3 Å². The van der Waals surface area contributed by atoms with Gasteiger partial charge in [0.1, 0.15) is 0 Å². The molecule has 5 heteroatoms. The molecule has 0 aliphatic carbocycles. The molecule has 0 saturated carbocycles. The number of carbonyl (C=O) groups is 1. The summed E-state index contributed by atoms with van der Waals surface area (Å²) in [7, 11) is 0. The molecule has 5 nitrogen and oxygen atoms in total. The first kappa shape index (κ1) is 17.5. The van der Waals surface area contributed by atoms with E-state index in [1.54, 1.807) is 6.20 Å². The monoisotopic (exact) mass is 340 g/mol. The molecule has 1 atom stereocenters. The highest BCUT2D eigenvalue weighted by molar-refractivity contribution is 5.95. The highest BCUT2D eigenvalue weighted by Crippen LogP contribution is 2.22. The van der Waals surface area contributed by atoms with Crippen LogP contribution in [0.3, 0.4) is 0 Å². The average Bonchev–Trinajstić information content (AvgIpc) is 2.96. The van der Waals surface area contributed by atoms with Crippen molar-refractivity contribution in [2.75, 3.05) is 24.5 Å². The van der Waals surface area contributed by atoms with E-state index < -0.39 is 0 Å². The van der Waals surface area contributed by atoms with Gasteiger partial charge < -0.3 is 9.80 Å². The fourth-order valence-corrected chi connectivity index (χ4v) is 3.50. The molecule has 0 bridgehead atoms. The molecule has 0 spiro atoms. The molecule has 3 rings (SSSR count). The SMILES string of the molecule is CCCn1ncc(C(=O)N2CCN(c3ccc(C)cc3)CC2C)c1C. The van der Waals surface area contributed by atoms with Gasteiger partial charge in [0.25, 0.3) is 5.91 Å². The summed E-state index contributed by atoms with van der Waals surface area (Å²) in [6, 6.07) is 8.79. The third kappa shape index (κ3) is 3.55. The fraction of sp³-hybridized carbons (Fsp3) is 0.500. The summed E-state index contributed by atoms with van der Waals surface area (Å²) in [4.78, 5) is 17.3. The van der Waals surface area contributed by atoms with Gasteiger partial charge >= 0.3 is 0 Å². The maximum Gasteiger partial charge on any atom is 0.257 e. The third-order valence-electron chi connectivity index (χ3n) is 5.06. The van der Waals surface area contributed by atoms with Crippen molar-refractivity contribution in [3.8, 4) is 0 Å². The van der Waals surface area contributed by atoms with Crippen LogP contribution in [0, 0.1) is 13.8 Å². The van der Waals surface area contributed by atoms with Crippen molar-refractivity contribution >= 4 is 11.6 Å². The van der Waals surface area contributed by atoms with E-state index in [0.717, 1.165) is 43.9 Å². The van der Waals surface area contributed by atoms with E-state index >= 15 is 0 Å². The highest BCUT2D eigenvalue weighted by Gasteiger charge is 2.30. The Hall–Kier alpha value is -2.30. The van der Waals surface area contributed by atoms with Crippen LogP contribution in [-0.4, -0.2) is 46.3 Å². The smallest absolute Gasteiger partial charge is 0.257 e. The van der Waals surface area contributed by atoms with E-state index in [-0.39, 0.29) is 11.9 Å². The largest absolute Gasteiger partial charge is 0.368 e. The Morgan fingerprint density at radius 1 is 1.20 bits per heavy atom. The predicted octanol–water partition coefficient (Wildman–Crippen LogP) is 3.26. The number of hydrogen-bond donors (Lipinski definition) is 0. The summed E-state index contributed by atoms with van der Waals surface area (Å²) in [6.07, 6.45) is 2.74. The van der Waals surface area contributed by atoms with E-state index in [2.05, 4.69) is 55.0 Å². The van der Waals surface area contributed by atoms with Gasteiger partial charge in [0, 0.05) is 43.6 Å². The van der Waals surface area contributed by atoms with Crippen LogP contribution in [0.25, 0.3) is 0 Å². The molecule has 1 aliphatic rings. The number of aryl methyl sites for hydroxylation is 2. The van der Waals surface area contributed by atoms with Crippen LogP contribution in [0.15, 0.2) is 30.5 Å². The summed E-state index contributed by atoms with van der Waals surface area (Å²) in [5.74, 6) is 0.107. The summed E-state index contributed by atoms with van der Waals surface area (Å²) in [5, 5.41) is 4.38. The minimum Gasteiger partial charge on any atom is -0.368 e. The van der Waals surface area contributed by atoms with Crippen molar-refractivity contribution in [3.63, 3.8) is 0 Å². The van der Waals surface area contributed by atoms with Crippen LogP contribution in [0.5, 0.6) is 0 Å². The molecular weight excluding hydrogens is 312 g/mol. The third-order valence-corrected chi connectivity index (χ3v) is 5.06. The van der Waals surface area contributed by atoms with Gasteiger partial charge in [0.05, 0.1) is 11.8 Å². The zero-order valence-electron chi connectivity index (χ0n) is 15.7. The Morgan fingerprint density at radius 3 is 2.56 bits per heavy atom. The predicted molar refractivity (Wildman–Crippen MR) is 101 cm³/mol. The first-order chi connectivity index (χ1) is 12.0. The summed E-state index contributed by atoms with van der Waals surface area (Å²) in [5.41, 5.74) is 4.21. The van der Waals surface area contributed by atoms with Crippen molar-refractivity contribution in [2.24, 2.45) is 0 Å². The Labute approximate surface area is 150 Å². The number of piperazine rings is 1. The van der Waals surface area contributed by atoms with Crippen molar-refractivity contribution < 1.29 is 4.79 Å². The number of hydrogen-bond acceptors (Lipinski definition) is 3. The molecular formula is C20H28N4O. The Kier molecular flexibility index (Phi) is 5.11. The van der Waals surface area contributed by atoms with Crippen LogP contribution in [-0.2, 0) is 6.54 Å². The zero-order valence-corrected chi connectivity index (χ0v) is 15.7. The highest BCUT2D eigenvalue weighted by atomic mass is 16.2. The van der Waals surface area contributed by atoms with Gasteiger partial charge in [-0.15, -0.1) is 0 Å². The van der Waals surface area contributed by atoms with Crippen LogP contribution in [0.4, 0.5) is 5.69 Å². The molecule has 2 heterocycles. The lowest BCUT2D eigenvalue weighted by Gasteiger charge is -2.41. The number of anilines is 1. The maximum atomic E-state index is 13.0. The quantitative estimate of drug-likeness (QED) is 0.858. The van der Waals surface area contributed by atoms with Crippen LogP contribution in [0.1, 0.15) is 41.9 Å². The summed E-state index contributed by atoms with van der Waals surface area (Å²) in [6.45, 7) is 11.7. The lowest BCUT2D eigenvalue weighted by Crippen LogP contribution is -2.54. The Balaban J connectivity index is 1.70. The number of carbonyl (C=O) groups excluding carboxylic acids is 1. The topological polar surface area (TPSA) is 41.4 Å². The molecule has 1 aromatic heterocycles. The lowest BCUT2D eigenvalue weighted by atomic mass is 10.1. The first-order valence-electron chi connectivity index (χ1n) is 9.16. The number of benzene rings is 1. The molecule has 0 radical (unpaired) electrons. The van der Waals surface area contributed by atoms with Crippen molar-refractivity contribution in [2.45, 2.75) is 46.7 Å². The summed E-state index contributed by atoms with van der Waals surface area (Å²) < 4.78 is 1.93. The van der Waals surface area contributed by atoms with Gasteiger partial charge in [-0.1, -0.05) is 24.6 Å². The number of nitrogens with zero attached hydrogens (tertiary/aromatic N) is 4. The van der Waals surface area contributed by atoms with E-state index in [1.165, 1.54) is 11.3 Å². The van der Waals surface area contributed by atoms with Gasteiger partial charge in [-0.25, -0.2) is 0 Å². The average molecular weight is 340 g/mol. The molecule has 2 aromatic rings. The molecule has 134 valence electrons. The van der Waals surface area contributed by atoms with Crippen molar-refractivity contribution in [1.29, 1.82) is 0 Å². The first-order valence-corrected chi connectivity index (χ1v) is 9.16. The second-order valence-corrected chi connectivity index (χ2v) is 7.00. The number of rotatable bonds is 4. The van der Waals surface area contributed by atoms with Crippen LogP contribution in [0.2, 0.25) is 0 Å². The molecule has 1 aliphatic heterocycles. The van der Waals surface area contributed by atoms with Crippen molar-refractivity contribution in [1.82, 2.24) is 14.7 Å². The Bertz CT molecular complexity index is 735. The molecule has 1 aromatic carbocycles. The normalized spacial score (nSPS) is 17.8. The van der Waals surface area contributed by atoms with Gasteiger partial charge in [-0.3, -0.25) is 9.48 Å². The number of amides is 1. The van der Waals surface area contributed by atoms with Gasteiger partial charge in [0.15, 0.2) is 0 Å². The second-order valence-electron chi connectivity index (χ2n) is 7.00. The molecule has 1 unspecified atom stereocenters. The molecule has 0 N–H and O–H groups in total. The van der Waals surface area contributed by atoms with Gasteiger partial charge in [-0.05, 0) is 39.3 Å². The molecule has 1 fully saturated rings. The van der Waals surface area contributed by atoms with E-state index in [1.807, 2.05) is 16.5 Å². The second kappa shape index (κ2) is 7.30. The standard InChI is InChI=1S/C20H28N4O/c1-5-10-24-17(4)19(13-21-24)20(25)23-12-11-22(14-16(23)3)18-8-6-15(2)7-9-18/h6-9,13,16H,5,10-12,14H2,1-4H3. The van der Waals surface area contributed by atoms with Gasteiger partial charge in [-0.2, -0.15) is 5.10 Å². The maximum absolute atomic E-state index is 13.0. The van der Waals surface area contributed by atoms with E-state index in [0.29, 0.717) is 0 Å². The fourth-order valence-electron chi connectivity index (χ4n) is 3.50. The molecule has 1 saturated heterocycles. The van der Waals surface area contributed by atoms with E-state index in [4.69, 9.17) is 0 Å².